The van der Waals surface area contributed by atoms with Gasteiger partial charge in [-0.2, -0.15) is 0 Å². The lowest BCUT2D eigenvalue weighted by Crippen LogP contribution is -2.12. The first-order chi connectivity index (χ1) is 17.5. The molecule has 5 rings (SSSR count). The third-order valence-corrected chi connectivity index (χ3v) is 7.09. The summed E-state index contributed by atoms with van der Waals surface area (Å²) < 4.78 is 11.7. The van der Waals surface area contributed by atoms with E-state index in [0.29, 0.717) is 37.6 Å². The van der Waals surface area contributed by atoms with Crippen molar-refractivity contribution < 1.29 is 14.4 Å². The molecular weight excluding hydrogens is 476 g/mol. The zero-order valence-electron chi connectivity index (χ0n) is 20.5. The molecule has 2 heterocycles. The summed E-state index contributed by atoms with van der Waals surface area (Å²) in [6.07, 6.45) is 1.40. The van der Waals surface area contributed by atoms with E-state index in [0.717, 1.165) is 49.8 Å². The zero-order valence-corrected chi connectivity index (χ0v) is 21.4. The molecule has 0 saturated heterocycles. The number of pyridine rings is 1. The minimum Gasteiger partial charge on any atom is -0.490 e. The number of nitrogens with one attached hydrogen (secondary N) is 1. The number of nitrogens with zero attached hydrogens (tertiary/aromatic N) is 3. The second-order valence-electron chi connectivity index (χ2n) is 8.74. The molecule has 0 fully saturated rings. The Morgan fingerprint density at radius 1 is 1.14 bits per heavy atom. The summed E-state index contributed by atoms with van der Waals surface area (Å²) in [4.78, 5) is 20.8. The SMILES string of the molecule is CCOc1cc2nc3c(c(Nc4cccc(-c5csc(C)n5)c4)c2cc1OCC)[C@@H](C[N+](=O)[O-])CC3. The highest BCUT2D eigenvalue weighted by Gasteiger charge is 2.32. The van der Waals surface area contributed by atoms with Crippen molar-refractivity contribution >= 4 is 33.6 Å². The summed E-state index contributed by atoms with van der Waals surface area (Å²) in [5, 5.41) is 19.0. The average molecular weight is 505 g/mol. The molecule has 2 aromatic heterocycles. The van der Waals surface area contributed by atoms with E-state index in [4.69, 9.17) is 14.5 Å². The number of nitro groups is 1. The lowest BCUT2D eigenvalue weighted by Gasteiger charge is -2.20. The Morgan fingerprint density at radius 2 is 1.92 bits per heavy atom. The maximum atomic E-state index is 11.5. The molecule has 0 saturated carbocycles. The number of anilines is 2. The summed E-state index contributed by atoms with van der Waals surface area (Å²) in [6, 6.07) is 11.9. The Balaban J connectivity index is 1.67. The predicted octanol–water partition coefficient (Wildman–Crippen LogP) is 6.51. The number of hydrogen-bond acceptors (Lipinski definition) is 8. The smallest absolute Gasteiger partial charge is 0.210 e. The van der Waals surface area contributed by atoms with Crippen molar-refractivity contribution in [3.63, 3.8) is 0 Å². The summed E-state index contributed by atoms with van der Waals surface area (Å²) >= 11 is 1.62. The lowest BCUT2D eigenvalue weighted by atomic mass is 9.97. The van der Waals surface area contributed by atoms with E-state index >= 15 is 0 Å². The minimum absolute atomic E-state index is 0.123. The van der Waals surface area contributed by atoms with E-state index in [1.54, 1.807) is 11.3 Å². The van der Waals surface area contributed by atoms with Gasteiger partial charge in [0.15, 0.2) is 11.5 Å². The van der Waals surface area contributed by atoms with Crippen molar-refractivity contribution in [1.29, 1.82) is 0 Å². The molecule has 4 aromatic rings. The summed E-state index contributed by atoms with van der Waals surface area (Å²) in [5.74, 6) is 1.07. The van der Waals surface area contributed by atoms with Crippen LogP contribution in [0.3, 0.4) is 0 Å². The summed E-state index contributed by atoms with van der Waals surface area (Å²) in [6.45, 7) is 6.73. The highest BCUT2D eigenvalue weighted by Crippen LogP contribution is 2.45. The molecule has 0 aliphatic heterocycles. The van der Waals surface area contributed by atoms with Crippen LogP contribution in [-0.2, 0) is 6.42 Å². The highest BCUT2D eigenvalue weighted by molar-refractivity contribution is 7.09. The largest absolute Gasteiger partial charge is 0.490 e. The van der Waals surface area contributed by atoms with Gasteiger partial charge in [-0.1, -0.05) is 12.1 Å². The molecule has 2 aromatic carbocycles. The third-order valence-electron chi connectivity index (χ3n) is 6.32. The quantitative estimate of drug-likeness (QED) is 0.205. The Bertz CT molecular complexity index is 1440. The van der Waals surface area contributed by atoms with Crippen LogP contribution in [0.15, 0.2) is 41.8 Å². The third kappa shape index (κ3) is 4.70. The number of aryl methyl sites for hydroxylation is 2. The number of rotatable bonds is 9. The number of benzene rings is 2. The molecular formula is C27H28N4O4S. The maximum absolute atomic E-state index is 11.5. The van der Waals surface area contributed by atoms with E-state index in [1.807, 2.05) is 56.5 Å². The summed E-state index contributed by atoms with van der Waals surface area (Å²) in [5.41, 5.74) is 6.25. The van der Waals surface area contributed by atoms with Gasteiger partial charge in [0.05, 0.1) is 41.0 Å². The van der Waals surface area contributed by atoms with E-state index in [9.17, 15) is 10.1 Å². The molecule has 0 unspecified atom stereocenters. The topological polar surface area (TPSA) is 99.4 Å². The standard InChI is InChI=1S/C27H28N4O4S/c1-4-34-24-12-20-22(13-25(24)35-5-2)30-21-10-9-18(14-31(32)33)26(21)27(20)29-19-8-6-7-17(11-19)23-15-36-16(3)28-23/h6-8,11-13,15,18H,4-5,9-10,14H2,1-3H3,(H,29,30)/t18-/m1/s1. The normalized spacial score (nSPS) is 14.6. The van der Waals surface area contributed by atoms with Crippen LogP contribution >= 0.6 is 11.3 Å². The Labute approximate surface area is 213 Å². The van der Waals surface area contributed by atoms with Gasteiger partial charge in [-0.3, -0.25) is 15.1 Å². The molecule has 0 bridgehead atoms. The fraction of sp³-hybridized carbons (Fsp3) is 0.333. The van der Waals surface area contributed by atoms with Crippen molar-refractivity contribution in [2.45, 2.75) is 39.5 Å². The molecule has 8 nitrogen and oxygen atoms in total. The fourth-order valence-electron chi connectivity index (χ4n) is 4.85. The van der Waals surface area contributed by atoms with Crippen molar-refractivity contribution in [2.75, 3.05) is 25.1 Å². The Morgan fingerprint density at radius 3 is 2.61 bits per heavy atom. The van der Waals surface area contributed by atoms with E-state index in [1.165, 1.54) is 0 Å². The Hall–Kier alpha value is -3.72. The second kappa shape index (κ2) is 10.1. The molecule has 186 valence electrons. The van der Waals surface area contributed by atoms with Gasteiger partial charge >= 0.3 is 0 Å². The van der Waals surface area contributed by atoms with Gasteiger partial charge < -0.3 is 14.8 Å². The monoisotopic (exact) mass is 504 g/mol. The number of hydrogen-bond donors (Lipinski definition) is 1. The molecule has 1 aliphatic carbocycles. The predicted molar refractivity (Wildman–Crippen MR) is 143 cm³/mol. The van der Waals surface area contributed by atoms with Crippen LogP contribution in [0.4, 0.5) is 11.4 Å². The van der Waals surface area contributed by atoms with Crippen LogP contribution in [0.1, 0.15) is 42.5 Å². The van der Waals surface area contributed by atoms with Crippen LogP contribution in [-0.4, -0.2) is 34.6 Å². The fourth-order valence-corrected chi connectivity index (χ4v) is 5.48. The van der Waals surface area contributed by atoms with Crippen molar-refractivity contribution in [1.82, 2.24) is 9.97 Å². The number of thiazole rings is 1. The molecule has 36 heavy (non-hydrogen) atoms. The van der Waals surface area contributed by atoms with Crippen LogP contribution in [0.5, 0.6) is 11.5 Å². The lowest BCUT2D eigenvalue weighted by molar-refractivity contribution is -0.483. The molecule has 1 atom stereocenters. The Kier molecular flexibility index (Phi) is 6.73. The molecule has 1 aliphatic rings. The molecule has 0 spiro atoms. The number of aromatic nitrogens is 2. The van der Waals surface area contributed by atoms with Crippen LogP contribution in [0.25, 0.3) is 22.2 Å². The van der Waals surface area contributed by atoms with Gasteiger partial charge in [-0.05, 0) is 51.8 Å². The van der Waals surface area contributed by atoms with E-state index < -0.39 is 0 Å². The number of ether oxygens (including phenoxy) is 2. The molecule has 0 amide bonds. The van der Waals surface area contributed by atoms with Gasteiger partial charge in [0, 0.05) is 44.3 Å². The minimum atomic E-state index is -0.233. The van der Waals surface area contributed by atoms with Crippen molar-refractivity contribution in [3.8, 4) is 22.8 Å². The highest BCUT2D eigenvalue weighted by atomic mass is 32.1. The zero-order chi connectivity index (χ0) is 25.2. The van der Waals surface area contributed by atoms with Crippen LogP contribution < -0.4 is 14.8 Å². The van der Waals surface area contributed by atoms with E-state index in [2.05, 4.69) is 16.4 Å². The first-order valence-corrected chi connectivity index (χ1v) is 13.0. The summed E-state index contributed by atoms with van der Waals surface area (Å²) in [7, 11) is 0. The molecule has 9 heteroatoms. The average Bonchev–Trinajstić information content (AvgIpc) is 3.46. The van der Waals surface area contributed by atoms with Gasteiger partial charge in [0.1, 0.15) is 0 Å². The van der Waals surface area contributed by atoms with Crippen molar-refractivity contribution in [3.05, 3.63) is 68.2 Å². The maximum Gasteiger partial charge on any atom is 0.210 e. The number of fused-ring (bicyclic) bond motifs is 2. The first kappa shape index (κ1) is 24.0. The van der Waals surface area contributed by atoms with Gasteiger partial charge in [0.2, 0.25) is 6.54 Å². The second-order valence-corrected chi connectivity index (χ2v) is 9.80. The van der Waals surface area contributed by atoms with E-state index in [-0.39, 0.29) is 17.4 Å². The van der Waals surface area contributed by atoms with Crippen LogP contribution in [0.2, 0.25) is 0 Å². The first-order valence-electron chi connectivity index (χ1n) is 12.1. The van der Waals surface area contributed by atoms with Gasteiger partial charge in [-0.15, -0.1) is 11.3 Å². The van der Waals surface area contributed by atoms with Gasteiger partial charge in [0.25, 0.3) is 0 Å². The molecule has 1 N–H and O–H groups in total. The van der Waals surface area contributed by atoms with Gasteiger partial charge in [-0.25, -0.2) is 4.98 Å². The van der Waals surface area contributed by atoms with Crippen LogP contribution in [0, 0.1) is 17.0 Å². The van der Waals surface area contributed by atoms with Crippen molar-refractivity contribution in [2.24, 2.45) is 0 Å². The molecule has 0 radical (unpaired) electrons.